The Kier molecular flexibility index (Phi) is 4.35. The van der Waals surface area contributed by atoms with Crippen LogP contribution in [0.3, 0.4) is 0 Å². The second kappa shape index (κ2) is 5.32. The number of nitrogens with one attached hydrogen (secondary N) is 2. The molecule has 0 saturated carbocycles. The Balaban J connectivity index is 2.17. The Morgan fingerprint density at radius 3 is 2.86 bits per heavy atom. The summed E-state index contributed by atoms with van der Waals surface area (Å²) >= 11 is 0. The van der Waals surface area contributed by atoms with Crippen LogP contribution in [0, 0.1) is 11.8 Å². The maximum Gasteiger partial charge on any atom is 0.222 e. The molecule has 82 valence electrons. The first-order valence-corrected chi connectivity index (χ1v) is 5.34. The second-order valence-electron chi connectivity index (χ2n) is 4.34. The van der Waals surface area contributed by atoms with Crippen LogP contribution in [0.1, 0.15) is 20.3 Å². The molecule has 1 rings (SSSR count). The summed E-state index contributed by atoms with van der Waals surface area (Å²) in [5.41, 5.74) is 5.57. The third-order valence-electron chi connectivity index (χ3n) is 2.69. The van der Waals surface area contributed by atoms with E-state index >= 15 is 0 Å². The van der Waals surface area contributed by atoms with Crippen molar-refractivity contribution in [2.75, 3.05) is 19.6 Å². The molecular formula is C10H21N3O. The van der Waals surface area contributed by atoms with Crippen LogP contribution in [0.25, 0.3) is 0 Å². The number of nitrogens with two attached hydrogens (primary N) is 1. The fourth-order valence-electron chi connectivity index (χ4n) is 1.67. The summed E-state index contributed by atoms with van der Waals surface area (Å²) in [6.45, 7) is 6.26. The number of hydrogen-bond acceptors (Lipinski definition) is 3. The minimum atomic E-state index is 0.0710. The van der Waals surface area contributed by atoms with Crippen molar-refractivity contribution >= 4 is 5.91 Å². The number of hydrogen-bond donors (Lipinski definition) is 3. The van der Waals surface area contributed by atoms with E-state index < -0.39 is 0 Å². The van der Waals surface area contributed by atoms with Gasteiger partial charge in [0.1, 0.15) is 0 Å². The minimum absolute atomic E-state index is 0.0710. The van der Waals surface area contributed by atoms with Gasteiger partial charge in [0.15, 0.2) is 0 Å². The van der Waals surface area contributed by atoms with Crippen molar-refractivity contribution < 1.29 is 4.79 Å². The Morgan fingerprint density at radius 1 is 1.64 bits per heavy atom. The van der Waals surface area contributed by atoms with Crippen molar-refractivity contribution in [3.8, 4) is 0 Å². The second-order valence-corrected chi connectivity index (χ2v) is 4.34. The monoisotopic (exact) mass is 199 g/mol. The Morgan fingerprint density at radius 2 is 2.36 bits per heavy atom. The van der Waals surface area contributed by atoms with E-state index in [1.54, 1.807) is 0 Å². The SMILES string of the molecule is CC(C)C(=O)NC[C@@H]1C[C@H](CN)CN1. The van der Waals surface area contributed by atoms with Crippen molar-refractivity contribution in [2.24, 2.45) is 17.6 Å². The molecule has 1 fully saturated rings. The zero-order valence-electron chi connectivity index (χ0n) is 9.05. The quantitative estimate of drug-likeness (QED) is 0.582. The molecule has 1 saturated heterocycles. The zero-order chi connectivity index (χ0) is 10.6. The van der Waals surface area contributed by atoms with E-state index in [-0.39, 0.29) is 11.8 Å². The molecule has 0 unspecified atom stereocenters. The van der Waals surface area contributed by atoms with E-state index in [1.165, 1.54) is 0 Å². The van der Waals surface area contributed by atoms with Crippen molar-refractivity contribution in [1.82, 2.24) is 10.6 Å². The van der Waals surface area contributed by atoms with E-state index in [4.69, 9.17) is 5.73 Å². The predicted molar refractivity (Wildman–Crippen MR) is 56.8 cm³/mol. The molecule has 0 aromatic carbocycles. The molecule has 1 aliphatic rings. The minimum Gasteiger partial charge on any atom is -0.354 e. The van der Waals surface area contributed by atoms with Gasteiger partial charge in [-0.1, -0.05) is 13.8 Å². The van der Waals surface area contributed by atoms with Gasteiger partial charge in [-0.25, -0.2) is 0 Å². The lowest BCUT2D eigenvalue weighted by atomic mass is 10.1. The molecule has 4 N–H and O–H groups in total. The summed E-state index contributed by atoms with van der Waals surface area (Å²) in [4.78, 5) is 11.3. The van der Waals surface area contributed by atoms with Crippen molar-refractivity contribution in [2.45, 2.75) is 26.3 Å². The lowest BCUT2D eigenvalue weighted by molar-refractivity contribution is -0.124. The fraction of sp³-hybridized carbons (Fsp3) is 0.900. The average molecular weight is 199 g/mol. The predicted octanol–water partition coefficient (Wildman–Crippen LogP) is -0.305. The van der Waals surface area contributed by atoms with Gasteiger partial charge in [0, 0.05) is 18.5 Å². The molecule has 0 aromatic heterocycles. The fourth-order valence-corrected chi connectivity index (χ4v) is 1.67. The van der Waals surface area contributed by atoms with Crippen LogP contribution in [0.15, 0.2) is 0 Å². The zero-order valence-corrected chi connectivity index (χ0v) is 9.05. The Hall–Kier alpha value is -0.610. The van der Waals surface area contributed by atoms with Gasteiger partial charge < -0.3 is 16.4 Å². The van der Waals surface area contributed by atoms with E-state index in [2.05, 4.69) is 10.6 Å². The first-order chi connectivity index (χ1) is 6.63. The van der Waals surface area contributed by atoms with Crippen molar-refractivity contribution in [1.29, 1.82) is 0 Å². The Labute approximate surface area is 85.6 Å². The van der Waals surface area contributed by atoms with Gasteiger partial charge in [-0.15, -0.1) is 0 Å². The molecule has 0 radical (unpaired) electrons. The van der Waals surface area contributed by atoms with Gasteiger partial charge in [-0.3, -0.25) is 4.79 Å². The normalized spacial score (nSPS) is 26.9. The molecule has 1 aliphatic heterocycles. The van der Waals surface area contributed by atoms with Crippen molar-refractivity contribution in [3.63, 3.8) is 0 Å². The third-order valence-corrected chi connectivity index (χ3v) is 2.69. The maximum absolute atomic E-state index is 11.3. The van der Waals surface area contributed by atoms with Crippen LogP contribution < -0.4 is 16.4 Å². The molecule has 14 heavy (non-hydrogen) atoms. The standard InChI is InChI=1S/C10H21N3O/c1-7(2)10(14)13-6-9-3-8(4-11)5-12-9/h7-9,12H,3-6,11H2,1-2H3,(H,13,14)/t8-,9+/m1/s1. The largest absolute Gasteiger partial charge is 0.354 e. The number of rotatable bonds is 4. The highest BCUT2D eigenvalue weighted by atomic mass is 16.1. The number of amides is 1. The average Bonchev–Trinajstić information content (AvgIpc) is 2.61. The van der Waals surface area contributed by atoms with E-state index in [1.807, 2.05) is 13.8 Å². The van der Waals surface area contributed by atoms with E-state index in [0.29, 0.717) is 12.0 Å². The van der Waals surface area contributed by atoms with Gasteiger partial charge in [-0.2, -0.15) is 0 Å². The van der Waals surface area contributed by atoms with Crippen molar-refractivity contribution in [3.05, 3.63) is 0 Å². The maximum atomic E-state index is 11.3. The highest BCUT2D eigenvalue weighted by molar-refractivity contribution is 5.77. The van der Waals surface area contributed by atoms with Crippen LogP contribution in [0.2, 0.25) is 0 Å². The highest BCUT2D eigenvalue weighted by Crippen LogP contribution is 2.11. The summed E-state index contributed by atoms with van der Waals surface area (Å²) in [6.07, 6.45) is 1.08. The summed E-state index contributed by atoms with van der Waals surface area (Å²) in [6, 6.07) is 0.409. The molecule has 1 heterocycles. The smallest absolute Gasteiger partial charge is 0.222 e. The summed E-state index contributed by atoms with van der Waals surface area (Å²) in [5, 5.41) is 6.28. The van der Waals surface area contributed by atoms with Gasteiger partial charge in [-0.05, 0) is 25.4 Å². The van der Waals surface area contributed by atoms with Crippen LogP contribution in [-0.2, 0) is 4.79 Å². The lowest BCUT2D eigenvalue weighted by Crippen LogP contribution is -2.38. The topological polar surface area (TPSA) is 67.2 Å². The summed E-state index contributed by atoms with van der Waals surface area (Å²) < 4.78 is 0. The highest BCUT2D eigenvalue weighted by Gasteiger charge is 2.23. The molecule has 4 nitrogen and oxygen atoms in total. The molecule has 0 spiro atoms. The van der Waals surface area contributed by atoms with E-state index in [0.717, 1.165) is 26.1 Å². The van der Waals surface area contributed by atoms with Gasteiger partial charge in [0.25, 0.3) is 0 Å². The summed E-state index contributed by atoms with van der Waals surface area (Å²) in [5.74, 6) is 0.778. The summed E-state index contributed by atoms with van der Waals surface area (Å²) in [7, 11) is 0. The van der Waals surface area contributed by atoms with Gasteiger partial charge in [0.2, 0.25) is 5.91 Å². The van der Waals surface area contributed by atoms with Crippen LogP contribution in [0.4, 0.5) is 0 Å². The molecule has 4 heteroatoms. The Bertz CT molecular complexity index is 194. The van der Waals surface area contributed by atoms with Gasteiger partial charge in [0.05, 0.1) is 0 Å². The molecule has 0 aromatic rings. The molecule has 0 bridgehead atoms. The number of carbonyl (C=O) groups is 1. The molecule has 2 atom stereocenters. The van der Waals surface area contributed by atoms with Crippen LogP contribution >= 0.6 is 0 Å². The lowest BCUT2D eigenvalue weighted by Gasteiger charge is -2.13. The third kappa shape index (κ3) is 3.27. The van der Waals surface area contributed by atoms with Gasteiger partial charge >= 0.3 is 0 Å². The first-order valence-electron chi connectivity index (χ1n) is 5.34. The first kappa shape index (κ1) is 11.5. The number of carbonyl (C=O) groups excluding carboxylic acids is 1. The van der Waals surface area contributed by atoms with Crippen LogP contribution in [-0.4, -0.2) is 31.6 Å². The molecular weight excluding hydrogens is 178 g/mol. The molecule has 0 aliphatic carbocycles. The van der Waals surface area contributed by atoms with Crippen LogP contribution in [0.5, 0.6) is 0 Å². The molecule has 1 amide bonds. The van der Waals surface area contributed by atoms with E-state index in [9.17, 15) is 4.79 Å².